The van der Waals surface area contributed by atoms with E-state index in [0.29, 0.717) is 6.04 Å². The summed E-state index contributed by atoms with van der Waals surface area (Å²) in [6.07, 6.45) is 3.83. The van der Waals surface area contributed by atoms with Crippen molar-refractivity contribution in [3.8, 4) is 0 Å². The van der Waals surface area contributed by atoms with Gasteiger partial charge in [0.15, 0.2) is 0 Å². The number of benzene rings is 1. The van der Waals surface area contributed by atoms with Crippen molar-refractivity contribution in [1.29, 1.82) is 0 Å². The molecule has 1 N–H and O–H groups in total. The van der Waals surface area contributed by atoms with Gasteiger partial charge in [0, 0.05) is 23.7 Å². The molecule has 0 heterocycles. The van der Waals surface area contributed by atoms with Gasteiger partial charge in [0.25, 0.3) is 0 Å². The van der Waals surface area contributed by atoms with Crippen LogP contribution in [-0.4, -0.2) is 25.8 Å². The van der Waals surface area contributed by atoms with Gasteiger partial charge in [-0.25, -0.2) is 4.39 Å². The summed E-state index contributed by atoms with van der Waals surface area (Å²) in [7, 11) is 0. The minimum absolute atomic E-state index is 0.132. The monoisotopic (exact) mass is 345 g/mol. The lowest BCUT2D eigenvalue weighted by atomic mass is 10.0. The van der Waals surface area contributed by atoms with E-state index in [4.69, 9.17) is 4.74 Å². The molecule has 4 heteroatoms. The Kier molecular flexibility index (Phi) is 9.07. The fourth-order valence-electron chi connectivity index (χ4n) is 2.15. The van der Waals surface area contributed by atoms with Crippen molar-refractivity contribution >= 4 is 15.9 Å². The highest BCUT2D eigenvalue weighted by Crippen LogP contribution is 2.17. The molecule has 0 aliphatic heterocycles. The van der Waals surface area contributed by atoms with E-state index >= 15 is 0 Å². The fraction of sp³-hybridized carbons (Fsp3) is 0.625. The van der Waals surface area contributed by atoms with Crippen LogP contribution >= 0.6 is 15.9 Å². The molecule has 114 valence electrons. The van der Waals surface area contributed by atoms with Crippen LogP contribution in [0.1, 0.15) is 38.7 Å². The van der Waals surface area contributed by atoms with Crippen molar-refractivity contribution < 1.29 is 9.13 Å². The highest BCUT2D eigenvalue weighted by atomic mass is 79.9. The quantitative estimate of drug-likeness (QED) is 0.637. The molecule has 1 unspecified atom stereocenters. The van der Waals surface area contributed by atoms with Gasteiger partial charge in [-0.15, -0.1) is 0 Å². The number of rotatable bonds is 10. The summed E-state index contributed by atoms with van der Waals surface area (Å²) in [5.41, 5.74) is 0.776. The standard InChI is InChI=1S/C16H25BrFNO/c1-3-9-19-15(6-5-10-20-4-2)11-13-7-8-14(17)12-16(13)18/h7-8,12,15,19H,3-6,9-11H2,1-2H3. The van der Waals surface area contributed by atoms with Crippen LogP contribution in [0.3, 0.4) is 0 Å². The van der Waals surface area contributed by atoms with E-state index in [9.17, 15) is 4.39 Å². The minimum Gasteiger partial charge on any atom is -0.382 e. The normalized spacial score (nSPS) is 12.6. The molecule has 0 spiro atoms. The number of halogens is 2. The Balaban J connectivity index is 2.53. The number of hydrogen-bond donors (Lipinski definition) is 1. The molecular weight excluding hydrogens is 321 g/mol. The lowest BCUT2D eigenvalue weighted by Crippen LogP contribution is -2.32. The zero-order valence-corrected chi connectivity index (χ0v) is 14.0. The average Bonchev–Trinajstić information content (AvgIpc) is 2.43. The summed E-state index contributed by atoms with van der Waals surface area (Å²) < 4.78 is 20.0. The Bertz CT molecular complexity index is 387. The van der Waals surface area contributed by atoms with Gasteiger partial charge < -0.3 is 10.1 Å². The van der Waals surface area contributed by atoms with Crippen molar-refractivity contribution in [3.63, 3.8) is 0 Å². The summed E-state index contributed by atoms with van der Waals surface area (Å²) >= 11 is 3.29. The highest BCUT2D eigenvalue weighted by molar-refractivity contribution is 9.10. The summed E-state index contributed by atoms with van der Waals surface area (Å²) in [6, 6.07) is 5.61. The molecule has 1 atom stereocenters. The largest absolute Gasteiger partial charge is 0.382 e. The Labute approximate surface area is 130 Å². The Hall–Kier alpha value is -0.450. The number of nitrogens with one attached hydrogen (secondary N) is 1. The van der Waals surface area contributed by atoms with E-state index in [2.05, 4.69) is 28.2 Å². The molecular formula is C16H25BrFNO. The molecule has 0 aliphatic rings. The molecule has 1 aromatic rings. The third-order valence-electron chi connectivity index (χ3n) is 3.21. The molecule has 1 rings (SSSR count). The summed E-state index contributed by atoms with van der Waals surface area (Å²) in [6.45, 7) is 6.66. The Morgan fingerprint density at radius 2 is 2.15 bits per heavy atom. The Morgan fingerprint density at radius 1 is 1.35 bits per heavy atom. The van der Waals surface area contributed by atoms with Crippen molar-refractivity contribution in [2.45, 2.75) is 45.6 Å². The molecule has 2 nitrogen and oxygen atoms in total. The first kappa shape index (κ1) is 17.6. The molecule has 1 aromatic carbocycles. The van der Waals surface area contributed by atoms with Crippen LogP contribution in [-0.2, 0) is 11.2 Å². The van der Waals surface area contributed by atoms with E-state index in [1.54, 1.807) is 0 Å². The smallest absolute Gasteiger partial charge is 0.127 e. The molecule has 0 saturated heterocycles. The molecule has 0 fully saturated rings. The van der Waals surface area contributed by atoms with Crippen molar-refractivity contribution in [3.05, 3.63) is 34.1 Å². The minimum atomic E-state index is -0.132. The molecule has 0 aliphatic carbocycles. The second-order valence-corrected chi connectivity index (χ2v) is 5.85. The highest BCUT2D eigenvalue weighted by Gasteiger charge is 2.12. The third-order valence-corrected chi connectivity index (χ3v) is 3.70. The second kappa shape index (κ2) is 10.3. The lowest BCUT2D eigenvalue weighted by molar-refractivity contribution is 0.140. The zero-order valence-electron chi connectivity index (χ0n) is 12.4. The lowest BCUT2D eigenvalue weighted by Gasteiger charge is -2.19. The van der Waals surface area contributed by atoms with E-state index in [1.165, 1.54) is 6.07 Å². The molecule has 0 amide bonds. The van der Waals surface area contributed by atoms with Crippen LogP contribution in [0, 0.1) is 5.82 Å². The number of ether oxygens (including phenoxy) is 1. The summed E-state index contributed by atoms with van der Waals surface area (Å²) in [5, 5.41) is 3.50. The number of hydrogen-bond acceptors (Lipinski definition) is 2. The maximum atomic E-state index is 13.9. The predicted molar refractivity (Wildman–Crippen MR) is 85.6 cm³/mol. The molecule has 0 bridgehead atoms. The van der Waals surface area contributed by atoms with Gasteiger partial charge in [0.1, 0.15) is 5.82 Å². The van der Waals surface area contributed by atoms with Gasteiger partial charge in [0.2, 0.25) is 0 Å². The first-order valence-electron chi connectivity index (χ1n) is 7.42. The first-order chi connectivity index (χ1) is 9.67. The van der Waals surface area contributed by atoms with Crippen molar-refractivity contribution in [2.24, 2.45) is 0 Å². The van der Waals surface area contributed by atoms with Crippen LogP contribution < -0.4 is 5.32 Å². The Morgan fingerprint density at radius 3 is 2.80 bits per heavy atom. The first-order valence-corrected chi connectivity index (χ1v) is 8.21. The van der Waals surface area contributed by atoms with Crippen LogP contribution in [0.25, 0.3) is 0 Å². The summed E-state index contributed by atoms with van der Waals surface area (Å²) in [4.78, 5) is 0. The van der Waals surface area contributed by atoms with Gasteiger partial charge in [-0.05, 0) is 56.8 Å². The fourth-order valence-corrected chi connectivity index (χ4v) is 2.49. The maximum Gasteiger partial charge on any atom is 0.127 e. The third kappa shape index (κ3) is 6.82. The predicted octanol–water partition coefficient (Wildman–Crippen LogP) is 4.32. The van der Waals surface area contributed by atoms with Crippen molar-refractivity contribution in [2.75, 3.05) is 19.8 Å². The van der Waals surface area contributed by atoms with Crippen molar-refractivity contribution in [1.82, 2.24) is 5.32 Å². The van der Waals surface area contributed by atoms with E-state index in [0.717, 1.165) is 55.5 Å². The molecule has 0 saturated carbocycles. The summed E-state index contributed by atoms with van der Waals surface area (Å²) in [5.74, 6) is -0.132. The van der Waals surface area contributed by atoms with Gasteiger partial charge in [-0.3, -0.25) is 0 Å². The van der Waals surface area contributed by atoms with Gasteiger partial charge >= 0.3 is 0 Å². The van der Waals surface area contributed by atoms with E-state index in [1.807, 2.05) is 19.1 Å². The van der Waals surface area contributed by atoms with Gasteiger partial charge in [-0.2, -0.15) is 0 Å². The van der Waals surface area contributed by atoms with Gasteiger partial charge in [0.05, 0.1) is 0 Å². The van der Waals surface area contributed by atoms with Crippen LogP contribution in [0.2, 0.25) is 0 Å². The maximum absolute atomic E-state index is 13.9. The molecule has 0 aromatic heterocycles. The molecule has 0 radical (unpaired) electrons. The van der Waals surface area contributed by atoms with Crippen LogP contribution in [0.15, 0.2) is 22.7 Å². The van der Waals surface area contributed by atoms with Gasteiger partial charge in [-0.1, -0.05) is 28.9 Å². The second-order valence-electron chi connectivity index (χ2n) is 4.93. The SMILES string of the molecule is CCCNC(CCCOCC)Cc1ccc(Br)cc1F. The topological polar surface area (TPSA) is 21.3 Å². The van der Waals surface area contributed by atoms with E-state index < -0.39 is 0 Å². The zero-order chi connectivity index (χ0) is 14.8. The van der Waals surface area contributed by atoms with Crippen LogP contribution in [0.5, 0.6) is 0 Å². The van der Waals surface area contributed by atoms with Crippen LogP contribution in [0.4, 0.5) is 4.39 Å². The molecule has 20 heavy (non-hydrogen) atoms. The van der Waals surface area contributed by atoms with E-state index in [-0.39, 0.29) is 5.82 Å². The average molecular weight is 346 g/mol.